The van der Waals surface area contributed by atoms with Gasteiger partial charge >= 0.3 is 0 Å². The maximum Gasteiger partial charge on any atom is 0.271 e. The van der Waals surface area contributed by atoms with Crippen LogP contribution < -0.4 is 15.8 Å². The fraction of sp³-hybridized carbons (Fsp3) is 0.188. The lowest BCUT2D eigenvalue weighted by molar-refractivity contribution is -0.111. The number of ether oxygens (including phenoxy) is 1. The van der Waals surface area contributed by atoms with Crippen LogP contribution in [0.25, 0.3) is 6.08 Å². The Morgan fingerprint density at radius 1 is 1.35 bits per heavy atom. The molecule has 7 nitrogen and oxygen atoms in total. The van der Waals surface area contributed by atoms with Gasteiger partial charge < -0.3 is 15.8 Å². The molecule has 0 aliphatic carbocycles. The molecule has 2 rings (SSSR count). The van der Waals surface area contributed by atoms with Crippen molar-refractivity contribution in [2.24, 2.45) is 5.73 Å². The lowest BCUT2D eigenvalue weighted by Crippen LogP contribution is -2.16. The summed E-state index contributed by atoms with van der Waals surface area (Å²) in [5.41, 5.74) is 6.44. The molecule has 120 valence electrons. The zero-order chi connectivity index (χ0) is 16.8. The molecule has 23 heavy (non-hydrogen) atoms. The van der Waals surface area contributed by atoms with E-state index in [0.29, 0.717) is 12.2 Å². The van der Waals surface area contributed by atoms with Crippen LogP contribution in [-0.2, 0) is 11.3 Å². The molecule has 7 heteroatoms. The molecular weight excluding hydrogens is 296 g/mol. The van der Waals surface area contributed by atoms with Crippen LogP contribution in [0.3, 0.4) is 0 Å². The topological polar surface area (TPSA) is 99.2 Å². The van der Waals surface area contributed by atoms with E-state index in [1.807, 2.05) is 19.1 Å². The summed E-state index contributed by atoms with van der Waals surface area (Å²) < 4.78 is 6.60. The highest BCUT2D eigenvalue weighted by atomic mass is 16.5. The van der Waals surface area contributed by atoms with Crippen molar-refractivity contribution < 1.29 is 14.3 Å². The minimum atomic E-state index is -0.688. The van der Waals surface area contributed by atoms with Crippen LogP contribution in [-0.4, -0.2) is 28.7 Å². The van der Waals surface area contributed by atoms with E-state index >= 15 is 0 Å². The van der Waals surface area contributed by atoms with Gasteiger partial charge in [-0.3, -0.25) is 14.3 Å². The van der Waals surface area contributed by atoms with Gasteiger partial charge in [0, 0.05) is 18.8 Å². The van der Waals surface area contributed by atoms with Crippen molar-refractivity contribution in [1.82, 2.24) is 9.78 Å². The van der Waals surface area contributed by atoms with Gasteiger partial charge in [-0.15, -0.1) is 0 Å². The van der Waals surface area contributed by atoms with Crippen molar-refractivity contribution in [1.29, 1.82) is 0 Å². The van der Waals surface area contributed by atoms with Gasteiger partial charge in [0.25, 0.3) is 5.91 Å². The number of hydrogen-bond donors (Lipinski definition) is 2. The second-order valence-corrected chi connectivity index (χ2v) is 4.71. The van der Waals surface area contributed by atoms with Gasteiger partial charge in [0.05, 0.1) is 12.8 Å². The van der Waals surface area contributed by atoms with E-state index in [0.717, 1.165) is 11.3 Å². The Hall–Kier alpha value is -3.09. The first-order valence-electron chi connectivity index (χ1n) is 7.04. The highest BCUT2D eigenvalue weighted by Gasteiger charge is 2.14. The number of aromatic nitrogens is 2. The van der Waals surface area contributed by atoms with Crippen molar-refractivity contribution in [2.45, 2.75) is 13.5 Å². The number of primary amides is 1. The zero-order valence-corrected chi connectivity index (χ0v) is 12.9. The molecule has 0 radical (unpaired) electrons. The summed E-state index contributed by atoms with van der Waals surface area (Å²) in [6.07, 6.45) is 4.60. The monoisotopic (exact) mass is 314 g/mol. The smallest absolute Gasteiger partial charge is 0.271 e. The molecule has 0 saturated carbocycles. The summed E-state index contributed by atoms with van der Waals surface area (Å²) in [4.78, 5) is 23.3. The molecule has 0 aliphatic rings. The highest BCUT2D eigenvalue weighted by molar-refractivity contribution is 6.06. The predicted octanol–water partition coefficient (Wildman–Crippen LogP) is 1.66. The Kier molecular flexibility index (Phi) is 5.14. The largest absolute Gasteiger partial charge is 0.497 e. The SMILES string of the molecule is CCn1cc(NC(=O)/C=C/c2ccc(OC)cc2)c(C(N)=O)n1. The van der Waals surface area contributed by atoms with E-state index < -0.39 is 5.91 Å². The molecule has 2 amide bonds. The number of nitrogens with zero attached hydrogens (tertiary/aromatic N) is 2. The summed E-state index contributed by atoms with van der Waals surface area (Å²) >= 11 is 0. The minimum absolute atomic E-state index is 0.0399. The number of aryl methyl sites for hydroxylation is 1. The van der Waals surface area contributed by atoms with Crippen LogP contribution in [0, 0.1) is 0 Å². The van der Waals surface area contributed by atoms with Crippen molar-refractivity contribution in [3.05, 3.63) is 47.8 Å². The summed E-state index contributed by atoms with van der Waals surface area (Å²) in [7, 11) is 1.59. The number of amides is 2. The number of hydrogen-bond acceptors (Lipinski definition) is 4. The normalized spacial score (nSPS) is 10.7. The number of nitrogens with two attached hydrogens (primary N) is 1. The van der Waals surface area contributed by atoms with Gasteiger partial charge in [-0.2, -0.15) is 5.10 Å². The third-order valence-corrected chi connectivity index (χ3v) is 3.12. The molecule has 1 heterocycles. The van der Waals surface area contributed by atoms with E-state index in [9.17, 15) is 9.59 Å². The first-order chi connectivity index (χ1) is 11.0. The third-order valence-electron chi connectivity index (χ3n) is 3.12. The quantitative estimate of drug-likeness (QED) is 0.792. The molecule has 0 saturated heterocycles. The fourth-order valence-corrected chi connectivity index (χ4v) is 1.92. The lowest BCUT2D eigenvalue weighted by Gasteiger charge is -2.00. The summed E-state index contributed by atoms with van der Waals surface area (Å²) in [6.45, 7) is 2.44. The van der Waals surface area contributed by atoms with Crippen molar-refractivity contribution >= 4 is 23.6 Å². The van der Waals surface area contributed by atoms with Crippen LogP contribution in [0.5, 0.6) is 5.75 Å². The van der Waals surface area contributed by atoms with Gasteiger partial charge in [0.2, 0.25) is 5.91 Å². The predicted molar refractivity (Wildman–Crippen MR) is 87.1 cm³/mol. The lowest BCUT2D eigenvalue weighted by atomic mass is 10.2. The van der Waals surface area contributed by atoms with Gasteiger partial charge in [0.1, 0.15) is 5.75 Å². The number of carbonyl (C=O) groups excluding carboxylic acids is 2. The molecule has 0 unspecified atom stereocenters. The van der Waals surface area contributed by atoms with E-state index in [1.54, 1.807) is 31.5 Å². The number of nitrogens with one attached hydrogen (secondary N) is 1. The number of carbonyl (C=O) groups is 2. The van der Waals surface area contributed by atoms with Crippen LogP contribution in [0.4, 0.5) is 5.69 Å². The molecule has 0 aliphatic heterocycles. The molecule has 0 fully saturated rings. The number of methoxy groups -OCH3 is 1. The maximum absolute atomic E-state index is 12.0. The molecule has 0 bridgehead atoms. The Balaban J connectivity index is 2.08. The summed E-state index contributed by atoms with van der Waals surface area (Å²) in [5.74, 6) is -0.324. The van der Waals surface area contributed by atoms with E-state index in [4.69, 9.17) is 10.5 Å². The van der Waals surface area contributed by atoms with Gasteiger partial charge in [-0.1, -0.05) is 12.1 Å². The van der Waals surface area contributed by atoms with Crippen LogP contribution in [0.15, 0.2) is 36.5 Å². The third kappa shape index (κ3) is 4.19. The Bertz CT molecular complexity index is 732. The highest BCUT2D eigenvalue weighted by Crippen LogP contribution is 2.14. The first kappa shape index (κ1) is 16.3. The second-order valence-electron chi connectivity index (χ2n) is 4.71. The van der Waals surface area contributed by atoms with Crippen molar-refractivity contribution in [3.63, 3.8) is 0 Å². The van der Waals surface area contributed by atoms with E-state index in [1.165, 1.54) is 10.8 Å². The van der Waals surface area contributed by atoms with Gasteiger partial charge in [-0.05, 0) is 30.7 Å². The number of anilines is 1. The standard InChI is InChI=1S/C16H18N4O3/c1-3-20-10-13(15(19-20)16(17)22)18-14(21)9-6-11-4-7-12(23-2)8-5-11/h4-10H,3H2,1-2H3,(H2,17,22)(H,18,21)/b9-6+. The summed E-state index contributed by atoms with van der Waals surface area (Å²) in [5, 5.41) is 6.61. The van der Waals surface area contributed by atoms with Crippen molar-refractivity contribution in [2.75, 3.05) is 12.4 Å². The Morgan fingerprint density at radius 2 is 2.04 bits per heavy atom. The van der Waals surface area contributed by atoms with Gasteiger partial charge in [0.15, 0.2) is 5.69 Å². The van der Waals surface area contributed by atoms with Crippen LogP contribution >= 0.6 is 0 Å². The van der Waals surface area contributed by atoms with Gasteiger partial charge in [-0.25, -0.2) is 0 Å². The Labute approximate surface area is 133 Å². The van der Waals surface area contributed by atoms with E-state index in [-0.39, 0.29) is 11.6 Å². The van der Waals surface area contributed by atoms with E-state index in [2.05, 4.69) is 10.4 Å². The zero-order valence-electron chi connectivity index (χ0n) is 12.9. The molecule has 1 aromatic heterocycles. The second kappa shape index (κ2) is 7.26. The molecule has 0 atom stereocenters. The average Bonchev–Trinajstić information content (AvgIpc) is 2.96. The fourth-order valence-electron chi connectivity index (χ4n) is 1.92. The number of benzene rings is 1. The van der Waals surface area contributed by atoms with Crippen LogP contribution in [0.1, 0.15) is 23.0 Å². The molecule has 0 spiro atoms. The molecule has 1 aromatic carbocycles. The molecule has 3 N–H and O–H groups in total. The first-order valence-corrected chi connectivity index (χ1v) is 7.04. The summed E-state index contributed by atoms with van der Waals surface area (Å²) in [6, 6.07) is 7.25. The van der Waals surface area contributed by atoms with Crippen LogP contribution in [0.2, 0.25) is 0 Å². The number of rotatable bonds is 6. The molecule has 2 aromatic rings. The molecular formula is C16H18N4O3. The average molecular weight is 314 g/mol. The minimum Gasteiger partial charge on any atom is -0.497 e. The maximum atomic E-state index is 12.0. The van der Waals surface area contributed by atoms with Crippen molar-refractivity contribution in [3.8, 4) is 5.75 Å². The Morgan fingerprint density at radius 3 is 2.61 bits per heavy atom.